The molecule has 11 rings (SSSR count). The lowest BCUT2D eigenvalue weighted by molar-refractivity contribution is 0.232. The number of furan rings is 1. The molecule has 2 heterocycles. The molecule has 0 amide bonds. The molecule has 0 saturated heterocycles. The first-order valence-corrected chi connectivity index (χ1v) is 27.4. The van der Waals surface area contributed by atoms with Crippen LogP contribution in [0.4, 0.5) is 11.4 Å². The Labute approximate surface area is 435 Å². The maximum Gasteiger partial charge on any atom is 0.135 e. The fourth-order valence-electron chi connectivity index (χ4n) is 14.1. The molecule has 1 aliphatic heterocycles. The van der Waals surface area contributed by atoms with Gasteiger partial charge < -0.3 is 19.0 Å². The van der Waals surface area contributed by atoms with Crippen LogP contribution in [-0.2, 0) is 5.41 Å². The maximum atomic E-state index is 7.65. The normalized spacial score (nSPS) is 26.4. The first kappa shape index (κ1) is 48.5. The summed E-state index contributed by atoms with van der Waals surface area (Å²) >= 11 is 0. The van der Waals surface area contributed by atoms with Crippen LogP contribution in [0.15, 0.2) is 198 Å². The summed E-state index contributed by atoms with van der Waals surface area (Å²) in [6, 6.07) is 30.2. The fourth-order valence-corrected chi connectivity index (χ4v) is 14.1. The van der Waals surface area contributed by atoms with Crippen LogP contribution < -0.4 is 14.5 Å². The van der Waals surface area contributed by atoms with Crippen molar-refractivity contribution >= 4 is 28.0 Å². The minimum absolute atomic E-state index is 0.0181. The number of para-hydroxylation sites is 1. The van der Waals surface area contributed by atoms with Crippen LogP contribution >= 0.6 is 0 Å². The van der Waals surface area contributed by atoms with Gasteiger partial charge in [0.1, 0.15) is 23.2 Å². The number of nitrogens with zero attached hydrogens (tertiary/aromatic N) is 2. The van der Waals surface area contributed by atoms with Gasteiger partial charge in [0.15, 0.2) is 0 Å². The van der Waals surface area contributed by atoms with Crippen LogP contribution in [0.3, 0.4) is 0 Å². The Bertz CT molecular complexity index is 3260. The largest absolute Gasteiger partial charge is 0.485 e. The van der Waals surface area contributed by atoms with E-state index in [1.165, 1.54) is 55.9 Å². The number of ether oxygens (including phenoxy) is 1. The van der Waals surface area contributed by atoms with Gasteiger partial charge in [0, 0.05) is 62.1 Å². The Kier molecular flexibility index (Phi) is 12.8. The van der Waals surface area contributed by atoms with Crippen LogP contribution in [0.1, 0.15) is 150 Å². The molecule has 6 aliphatic rings. The summed E-state index contributed by atoms with van der Waals surface area (Å²) in [5.41, 5.74) is 16.7. The highest BCUT2D eigenvalue weighted by atomic mass is 16.5. The summed E-state index contributed by atoms with van der Waals surface area (Å²) in [6.45, 7) is 27.8. The molecule has 4 aromatic carbocycles. The van der Waals surface area contributed by atoms with E-state index in [0.29, 0.717) is 17.8 Å². The van der Waals surface area contributed by atoms with Gasteiger partial charge in [0.25, 0.3) is 0 Å². The van der Waals surface area contributed by atoms with E-state index in [0.717, 1.165) is 52.4 Å². The van der Waals surface area contributed by atoms with Gasteiger partial charge in [-0.1, -0.05) is 189 Å². The Morgan fingerprint density at radius 3 is 2.32 bits per heavy atom. The standard InChI is InChI=1S/C69H74N2O2/c1-12-15-26-45(9)70(50-38-36-49(37-39-50)43(6)7)59-40-56-65(67-63(59)52-28-18-22-32-61(52)72-67)66-57(69(56)54(24-13-2)47(11)51-27-17-20-30-55(51)69)41-60(64-53-29-19-23-33-62(53)73-68(64)66)71(58-31-21-16-25-44(58)8)46(10)34-35-48(14-3)42(4)5/h12,14-23,25-44,47,53-54,56,58,62,65H,10,13,24H2,1-9,11H3/b15-12-,35-34-,45-26+,48-14+/t44?,47?,53?,54?,56?,58?,62?,65?,69-/m1/s1. The van der Waals surface area contributed by atoms with E-state index in [4.69, 9.17) is 15.7 Å². The molecular formula is C69H74N2O2. The van der Waals surface area contributed by atoms with Crippen molar-refractivity contribution in [1.82, 2.24) is 0 Å². The summed E-state index contributed by atoms with van der Waals surface area (Å²) in [5.74, 6) is 3.56. The Morgan fingerprint density at radius 2 is 1.58 bits per heavy atom. The Hall–Kier alpha value is -6.78. The Balaban J connectivity index is 1.27. The number of fused-ring (bicyclic) bond motifs is 15. The van der Waals surface area contributed by atoms with Gasteiger partial charge in [-0.05, 0) is 127 Å². The van der Waals surface area contributed by atoms with Crippen LogP contribution in [0.5, 0.6) is 5.75 Å². The van der Waals surface area contributed by atoms with Crippen molar-refractivity contribution in [3.8, 4) is 5.75 Å². The topological polar surface area (TPSA) is 28.9 Å². The van der Waals surface area contributed by atoms with Crippen molar-refractivity contribution in [3.63, 3.8) is 0 Å². The minimum atomic E-state index is -0.443. The molecule has 1 spiro atoms. The Morgan fingerprint density at radius 1 is 0.836 bits per heavy atom. The molecule has 0 saturated carbocycles. The third-order valence-corrected chi connectivity index (χ3v) is 17.5. The van der Waals surface area contributed by atoms with Gasteiger partial charge in [-0.3, -0.25) is 0 Å². The lowest BCUT2D eigenvalue weighted by Crippen LogP contribution is -2.41. The SMILES string of the molecule is C=C(/C=C\C(=C/C)C(C)C)N(c1cc2c(c3c1C1C=CC=CC1O3)C1c3oc4ccccc4c3C(N(/C(C)=C/C=C\C)c3ccc(C(C)C)cc3)=CC1[C@@]21c2ccccc2C(C)C1CCC)C1C=CC=CC1C. The van der Waals surface area contributed by atoms with E-state index in [-0.39, 0.29) is 41.7 Å². The first-order chi connectivity index (χ1) is 35.4. The number of rotatable bonds is 13. The molecule has 4 heteroatoms. The molecule has 0 N–H and O–H groups in total. The van der Waals surface area contributed by atoms with Crippen LogP contribution in [0.2, 0.25) is 0 Å². The molecule has 0 bridgehead atoms. The van der Waals surface area contributed by atoms with E-state index in [9.17, 15) is 0 Å². The van der Waals surface area contributed by atoms with Gasteiger partial charge in [-0.15, -0.1) is 0 Å². The lowest BCUT2D eigenvalue weighted by Gasteiger charge is -2.44. The van der Waals surface area contributed by atoms with Gasteiger partial charge in [-0.2, -0.15) is 0 Å². The zero-order chi connectivity index (χ0) is 50.9. The predicted octanol–water partition coefficient (Wildman–Crippen LogP) is 18.1. The quantitative estimate of drug-likeness (QED) is 0.110. The second kappa shape index (κ2) is 19.2. The molecule has 5 aromatic rings. The van der Waals surface area contributed by atoms with E-state index >= 15 is 0 Å². The minimum Gasteiger partial charge on any atom is -0.485 e. The molecule has 372 valence electrons. The number of allylic oxidation sites excluding steroid dienone is 13. The summed E-state index contributed by atoms with van der Waals surface area (Å²) in [4.78, 5) is 5.10. The molecule has 4 nitrogen and oxygen atoms in total. The lowest BCUT2D eigenvalue weighted by atomic mass is 9.60. The third kappa shape index (κ3) is 7.60. The van der Waals surface area contributed by atoms with E-state index in [1.807, 2.05) is 0 Å². The van der Waals surface area contributed by atoms with Crippen LogP contribution in [0, 0.1) is 23.7 Å². The highest BCUT2D eigenvalue weighted by Crippen LogP contribution is 2.73. The van der Waals surface area contributed by atoms with Gasteiger partial charge >= 0.3 is 0 Å². The molecule has 0 radical (unpaired) electrons. The molecule has 9 atom stereocenters. The first-order valence-electron chi connectivity index (χ1n) is 27.4. The third-order valence-electron chi connectivity index (χ3n) is 17.5. The number of anilines is 2. The van der Waals surface area contributed by atoms with Crippen LogP contribution in [0.25, 0.3) is 16.7 Å². The van der Waals surface area contributed by atoms with Gasteiger partial charge in [-0.25, -0.2) is 0 Å². The summed E-state index contributed by atoms with van der Waals surface area (Å²) < 4.78 is 15.2. The maximum absolute atomic E-state index is 7.65. The zero-order valence-electron chi connectivity index (χ0n) is 44.8. The number of hydrogen-bond donors (Lipinski definition) is 0. The highest BCUT2D eigenvalue weighted by molar-refractivity contribution is 6.00. The van der Waals surface area contributed by atoms with E-state index in [1.54, 1.807) is 0 Å². The van der Waals surface area contributed by atoms with Crippen molar-refractivity contribution in [1.29, 1.82) is 0 Å². The van der Waals surface area contributed by atoms with E-state index < -0.39 is 5.41 Å². The van der Waals surface area contributed by atoms with Crippen molar-refractivity contribution in [2.24, 2.45) is 23.7 Å². The predicted molar refractivity (Wildman–Crippen MR) is 308 cm³/mol. The highest BCUT2D eigenvalue weighted by Gasteiger charge is 2.65. The van der Waals surface area contributed by atoms with Crippen molar-refractivity contribution in [2.75, 3.05) is 9.80 Å². The summed E-state index contributed by atoms with van der Waals surface area (Å²) in [7, 11) is 0. The summed E-state index contributed by atoms with van der Waals surface area (Å²) in [6.07, 6.45) is 36.3. The second-order valence-corrected chi connectivity index (χ2v) is 22.2. The zero-order valence-corrected chi connectivity index (χ0v) is 44.8. The molecule has 8 unspecified atom stereocenters. The fraction of sp³-hybridized carbons (Fsp3) is 0.333. The average molecular weight is 963 g/mol. The molecule has 0 fully saturated rings. The monoisotopic (exact) mass is 963 g/mol. The van der Waals surface area contributed by atoms with Gasteiger partial charge in [0.05, 0.1) is 17.7 Å². The number of hydrogen-bond acceptors (Lipinski definition) is 4. The van der Waals surface area contributed by atoms with Crippen molar-refractivity contribution < 1.29 is 9.15 Å². The van der Waals surface area contributed by atoms with Crippen LogP contribution in [-0.4, -0.2) is 12.1 Å². The smallest absolute Gasteiger partial charge is 0.135 e. The van der Waals surface area contributed by atoms with Crippen molar-refractivity contribution in [2.45, 2.75) is 123 Å². The van der Waals surface area contributed by atoms with E-state index in [2.05, 4.69) is 249 Å². The molecule has 5 aliphatic carbocycles. The number of benzene rings is 4. The van der Waals surface area contributed by atoms with Gasteiger partial charge in [0.2, 0.25) is 0 Å². The molecule has 1 aromatic heterocycles. The average Bonchev–Trinajstić information content (AvgIpc) is 4.12. The molecular weight excluding hydrogens is 889 g/mol. The molecule has 73 heavy (non-hydrogen) atoms. The second-order valence-electron chi connectivity index (χ2n) is 22.2. The summed E-state index contributed by atoms with van der Waals surface area (Å²) in [5, 5.41) is 1.13. The van der Waals surface area contributed by atoms with Crippen molar-refractivity contribution in [3.05, 3.63) is 238 Å².